The Morgan fingerprint density at radius 2 is 2.10 bits per heavy atom. The first-order chi connectivity index (χ1) is 9.37. The van der Waals surface area contributed by atoms with Crippen LogP contribution < -0.4 is 10.5 Å². The summed E-state index contributed by atoms with van der Waals surface area (Å²) in [5.74, 6) is 0.954. The van der Waals surface area contributed by atoms with Crippen LogP contribution in [0, 0.1) is 13.8 Å². The van der Waals surface area contributed by atoms with Gasteiger partial charge in [-0.15, -0.1) is 11.3 Å². The van der Waals surface area contributed by atoms with Gasteiger partial charge in [0.15, 0.2) is 0 Å². The van der Waals surface area contributed by atoms with Gasteiger partial charge in [0.2, 0.25) is 0 Å². The minimum Gasteiger partial charge on any atom is -0.487 e. The molecular formula is C16H20N2OS. The molecule has 4 heteroatoms. The first-order valence-electron chi connectivity index (χ1n) is 6.88. The maximum absolute atomic E-state index is 6.43. The Bertz CT molecular complexity index is 641. The summed E-state index contributed by atoms with van der Waals surface area (Å²) in [4.78, 5) is 5.81. The number of hydrogen-bond donors (Lipinski definition) is 1. The molecule has 3 rings (SSSR count). The summed E-state index contributed by atoms with van der Waals surface area (Å²) < 4.78 is 6.10. The Balaban J connectivity index is 2.02. The fraction of sp³-hybridized carbons (Fsp3) is 0.438. The number of hydrogen-bond acceptors (Lipinski definition) is 4. The lowest BCUT2D eigenvalue weighted by molar-refractivity contribution is 0.137. The van der Waals surface area contributed by atoms with Crippen molar-refractivity contribution in [1.29, 1.82) is 0 Å². The second-order valence-corrected chi connectivity index (χ2v) is 7.28. The van der Waals surface area contributed by atoms with E-state index >= 15 is 0 Å². The molecule has 0 fully saturated rings. The lowest BCUT2D eigenvalue weighted by atomic mass is 9.98. The molecule has 1 aromatic heterocycles. The predicted octanol–water partition coefficient (Wildman–Crippen LogP) is 3.52. The van der Waals surface area contributed by atoms with Crippen LogP contribution in [-0.4, -0.2) is 10.6 Å². The molecule has 1 aliphatic rings. The number of rotatable bonds is 2. The van der Waals surface area contributed by atoms with E-state index < -0.39 is 0 Å². The van der Waals surface area contributed by atoms with Crippen LogP contribution in [0.25, 0.3) is 0 Å². The molecule has 2 N–H and O–H groups in total. The number of benzene rings is 1. The average molecular weight is 288 g/mol. The van der Waals surface area contributed by atoms with E-state index in [1.165, 1.54) is 10.4 Å². The van der Waals surface area contributed by atoms with Gasteiger partial charge in [-0.1, -0.05) is 18.2 Å². The van der Waals surface area contributed by atoms with E-state index in [4.69, 9.17) is 10.5 Å². The van der Waals surface area contributed by atoms with Gasteiger partial charge in [-0.05, 0) is 33.3 Å². The third-order valence-electron chi connectivity index (χ3n) is 3.77. The number of nitrogens with two attached hydrogens (primary N) is 1. The summed E-state index contributed by atoms with van der Waals surface area (Å²) in [7, 11) is 0. The average Bonchev–Trinajstić information content (AvgIpc) is 2.86. The van der Waals surface area contributed by atoms with Crippen LogP contribution >= 0.6 is 11.3 Å². The van der Waals surface area contributed by atoms with Crippen LogP contribution in [0.15, 0.2) is 18.2 Å². The molecule has 1 aliphatic heterocycles. The van der Waals surface area contributed by atoms with Gasteiger partial charge in [-0.25, -0.2) is 4.98 Å². The van der Waals surface area contributed by atoms with Crippen molar-refractivity contribution in [2.45, 2.75) is 45.8 Å². The molecule has 2 heterocycles. The minimum atomic E-state index is -0.212. The monoisotopic (exact) mass is 288 g/mol. The third-order valence-corrected chi connectivity index (χ3v) is 4.92. The molecule has 0 bridgehead atoms. The fourth-order valence-electron chi connectivity index (χ4n) is 2.65. The molecule has 0 saturated carbocycles. The molecule has 106 valence electrons. The smallest absolute Gasteiger partial charge is 0.128 e. The third kappa shape index (κ3) is 2.23. The molecule has 1 aromatic carbocycles. The molecule has 0 spiro atoms. The molecule has 3 nitrogen and oxygen atoms in total. The lowest BCUT2D eigenvalue weighted by Crippen LogP contribution is -2.25. The van der Waals surface area contributed by atoms with E-state index in [1.807, 2.05) is 6.92 Å². The Kier molecular flexibility index (Phi) is 3.10. The van der Waals surface area contributed by atoms with Crippen LogP contribution in [-0.2, 0) is 6.42 Å². The zero-order valence-electron chi connectivity index (χ0n) is 12.4. The molecule has 0 saturated heterocycles. The van der Waals surface area contributed by atoms with Gasteiger partial charge < -0.3 is 10.5 Å². The lowest BCUT2D eigenvalue weighted by Gasteiger charge is -2.19. The zero-order valence-corrected chi connectivity index (χ0v) is 13.2. The number of aromatic nitrogens is 1. The Labute approximate surface area is 123 Å². The predicted molar refractivity (Wildman–Crippen MR) is 82.5 cm³/mol. The topological polar surface area (TPSA) is 48.1 Å². The molecule has 0 amide bonds. The SMILES string of the molecule is Cc1nc(C(N)c2cccc3c2OC(C)(C)C3)sc1C. The zero-order chi connectivity index (χ0) is 14.5. The maximum atomic E-state index is 6.43. The van der Waals surface area contributed by atoms with E-state index in [1.54, 1.807) is 11.3 Å². The minimum absolute atomic E-state index is 0.146. The van der Waals surface area contributed by atoms with Crippen molar-refractivity contribution in [2.24, 2.45) is 5.73 Å². The summed E-state index contributed by atoms with van der Waals surface area (Å²) in [6, 6.07) is 6.03. The summed E-state index contributed by atoms with van der Waals surface area (Å²) in [5, 5.41) is 0.960. The van der Waals surface area contributed by atoms with Crippen molar-refractivity contribution in [3.63, 3.8) is 0 Å². The molecule has 1 atom stereocenters. The van der Waals surface area contributed by atoms with Crippen molar-refractivity contribution in [3.8, 4) is 5.75 Å². The van der Waals surface area contributed by atoms with Crippen molar-refractivity contribution in [2.75, 3.05) is 0 Å². The van der Waals surface area contributed by atoms with Gasteiger partial charge in [0.05, 0.1) is 11.7 Å². The number of nitrogens with zero attached hydrogens (tertiary/aromatic N) is 1. The van der Waals surface area contributed by atoms with Gasteiger partial charge >= 0.3 is 0 Å². The van der Waals surface area contributed by atoms with Gasteiger partial charge in [0, 0.05) is 16.9 Å². The fourth-order valence-corrected chi connectivity index (χ4v) is 3.59. The van der Waals surface area contributed by atoms with Crippen LogP contribution in [0.3, 0.4) is 0 Å². The molecule has 1 unspecified atom stereocenters. The van der Waals surface area contributed by atoms with Gasteiger partial charge in [-0.2, -0.15) is 0 Å². The Hall–Kier alpha value is -1.39. The molecule has 0 radical (unpaired) electrons. The van der Waals surface area contributed by atoms with Crippen molar-refractivity contribution < 1.29 is 4.74 Å². The highest BCUT2D eigenvalue weighted by Gasteiger charge is 2.33. The first kappa shape index (κ1) is 13.6. The van der Waals surface area contributed by atoms with E-state index in [9.17, 15) is 0 Å². The van der Waals surface area contributed by atoms with Crippen molar-refractivity contribution >= 4 is 11.3 Å². The molecule has 2 aromatic rings. The van der Waals surface area contributed by atoms with Gasteiger partial charge in [0.1, 0.15) is 16.4 Å². The van der Waals surface area contributed by atoms with Crippen molar-refractivity contribution in [3.05, 3.63) is 44.9 Å². The van der Waals surface area contributed by atoms with Crippen LogP contribution in [0.2, 0.25) is 0 Å². The summed E-state index contributed by atoms with van der Waals surface area (Å²) in [6.45, 7) is 8.33. The number of thiazole rings is 1. The molecular weight excluding hydrogens is 268 g/mol. The highest BCUT2D eigenvalue weighted by atomic mass is 32.1. The number of para-hydroxylation sites is 1. The summed E-state index contributed by atoms with van der Waals surface area (Å²) in [5.41, 5.74) is 9.63. The van der Waals surface area contributed by atoms with Crippen LogP contribution in [0.5, 0.6) is 5.75 Å². The van der Waals surface area contributed by atoms with E-state index in [2.05, 4.69) is 44.0 Å². The van der Waals surface area contributed by atoms with Gasteiger partial charge in [0.25, 0.3) is 0 Å². The molecule has 20 heavy (non-hydrogen) atoms. The normalized spacial score (nSPS) is 17.6. The van der Waals surface area contributed by atoms with E-state index in [0.29, 0.717) is 0 Å². The summed E-state index contributed by atoms with van der Waals surface area (Å²) >= 11 is 1.67. The maximum Gasteiger partial charge on any atom is 0.128 e. The van der Waals surface area contributed by atoms with Crippen LogP contribution in [0.1, 0.15) is 46.6 Å². The number of ether oxygens (including phenoxy) is 1. The second-order valence-electron chi connectivity index (χ2n) is 6.05. The van der Waals surface area contributed by atoms with E-state index in [-0.39, 0.29) is 11.6 Å². The highest BCUT2D eigenvalue weighted by molar-refractivity contribution is 7.11. The molecule has 0 aliphatic carbocycles. The highest BCUT2D eigenvalue weighted by Crippen LogP contribution is 2.41. The van der Waals surface area contributed by atoms with E-state index in [0.717, 1.165) is 28.4 Å². The Morgan fingerprint density at radius 3 is 2.75 bits per heavy atom. The quantitative estimate of drug-likeness (QED) is 0.919. The summed E-state index contributed by atoms with van der Waals surface area (Å²) in [6.07, 6.45) is 0.929. The standard InChI is InChI=1S/C16H20N2OS/c1-9-10(2)20-15(18-9)13(17)12-7-5-6-11-8-16(3,4)19-14(11)12/h5-7,13H,8,17H2,1-4H3. The largest absolute Gasteiger partial charge is 0.487 e. The second kappa shape index (κ2) is 4.57. The van der Waals surface area contributed by atoms with Crippen LogP contribution in [0.4, 0.5) is 0 Å². The first-order valence-corrected chi connectivity index (χ1v) is 7.69. The number of aryl methyl sites for hydroxylation is 2. The number of fused-ring (bicyclic) bond motifs is 1. The van der Waals surface area contributed by atoms with Crippen molar-refractivity contribution in [1.82, 2.24) is 4.98 Å². The van der Waals surface area contributed by atoms with Gasteiger partial charge in [-0.3, -0.25) is 0 Å². The Morgan fingerprint density at radius 1 is 1.35 bits per heavy atom.